The van der Waals surface area contributed by atoms with Gasteiger partial charge in [-0.3, -0.25) is 4.79 Å². The van der Waals surface area contributed by atoms with Crippen molar-refractivity contribution in [1.29, 1.82) is 0 Å². The van der Waals surface area contributed by atoms with E-state index in [0.29, 0.717) is 0 Å². The van der Waals surface area contributed by atoms with Gasteiger partial charge in [-0.1, -0.05) is 6.07 Å². The molecule has 5 heteroatoms. The molecule has 0 aliphatic rings. The van der Waals surface area contributed by atoms with Crippen molar-refractivity contribution in [2.45, 2.75) is 12.3 Å². The Hall–Kier alpha value is -1.49. The van der Waals surface area contributed by atoms with E-state index in [4.69, 9.17) is 10.2 Å². The normalized spacial score (nSPS) is 14.7. The monoisotopic (exact) mass is 216 g/mol. The van der Waals surface area contributed by atoms with Crippen molar-refractivity contribution >= 4 is 5.97 Å². The molecule has 0 aliphatic heterocycles. The van der Waals surface area contributed by atoms with E-state index < -0.39 is 29.6 Å². The van der Waals surface area contributed by atoms with Gasteiger partial charge in [0.2, 0.25) is 0 Å². The summed E-state index contributed by atoms with van der Waals surface area (Å²) in [4.78, 5) is 10.9. The summed E-state index contributed by atoms with van der Waals surface area (Å²) < 4.78 is 25.5. The molecule has 0 saturated carbocycles. The van der Waals surface area contributed by atoms with Crippen molar-refractivity contribution in [3.8, 4) is 0 Å². The maximum atomic E-state index is 12.9. The van der Waals surface area contributed by atoms with Gasteiger partial charge in [0.15, 0.2) is 11.6 Å². The van der Waals surface area contributed by atoms with Gasteiger partial charge in [0, 0.05) is 0 Å². The molecule has 82 valence electrons. The van der Waals surface area contributed by atoms with Crippen molar-refractivity contribution in [2.24, 2.45) is 0 Å². The number of carboxylic acid groups (broad SMARTS) is 1. The quantitative estimate of drug-likeness (QED) is 0.800. The molecule has 0 aliphatic carbocycles. The molecule has 0 fully saturated rings. The van der Waals surface area contributed by atoms with Gasteiger partial charge in [-0.25, -0.2) is 8.78 Å². The SMILES string of the molecule is CC(CO)(C(=O)O)c1ccc(F)c(F)c1. The summed E-state index contributed by atoms with van der Waals surface area (Å²) in [6, 6.07) is 2.75. The van der Waals surface area contributed by atoms with E-state index in [9.17, 15) is 13.6 Å². The third kappa shape index (κ3) is 1.97. The average Bonchev–Trinajstić information content (AvgIpc) is 2.20. The highest BCUT2D eigenvalue weighted by atomic mass is 19.2. The second-order valence-electron chi connectivity index (χ2n) is 3.42. The van der Waals surface area contributed by atoms with Gasteiger partial charge in [0.1, 0.15) is 5.41 Å². The van der Waals surface area contributed by atoms with Crippen LogP contribution in [0.25, 0.3) is 0 Å². The van der Waals surface area contributed by atoms with E-state index in [2.05, 4.69) is 0 Å². The molecule has 0 heterocycles. The molecule has 0 amide bonds. The first-order chi connectivity index (χ1) is 6.91. The van der Waals surface area contributed by atoms with Crippen LogP contribution in [0, 0.1) is 11.6 Å². The number of carboxylic acids is 1. The van der Waals surface area contributed by atoms with Crippen LogP contribution >= 0.6 is 0 Å². The van der Waals surface area contributed by atoms with Crippen LogP contribution in [0.2, 0.25) is 0 Å². The molecule has 1 unspecified atom stereocenters. The van der Waals surface area contributed by atoms with Crippen LogP contribution in [0.1, 0.15) is 12.5 Å². The number of benzene rings is 1. The molecule has 0 aromatic heterocycles. The Bertz CT molecular complexity index is 392. The van der Waals surface area contributed by atoms with Gasteiger partial charge in [-0.15, -0.1) is 0 Å². The first-order valence-electron chi connectivity index (χ1n) is 4.21. The molecule has 15 heavy (non-hydrogen) atoms. The largest absolute Gasteiger partial charge is 0.481 e. The zero-order valence-corrected chi connectivity index (χ0v) is 8.00. The zero-order valence-electron chi connectivity index (χ0n) is 8.00. The number of hydrogen-bond acceptors (Lipinski definition) is 2. The van der Waals surface area contributed by atoms with Crippen LogP contribution in [-0.4, -0.2) is 22.8 Å². The molecule has 0 radical (unpaired) electrons. The highest BCUT2D eigenvalue weighted by molar-refractivity contribution is 5.81. The second-order valence-corrected chi connectivity index (χ2v) is 3.42. The van der Waals surface area contributed by atoms with Crippen LogP contribution in [-0.2, 0) is 10.2 Å². The maximum Gasteiger partial charge on any atom is 0.316 e. The molecule has 1 aromatic carbocycles. The summed E-state index contributed by atoms with van der Waals surface area (Å²) in [5.41, 5.74) is -1.59. The molecule has 3 nitrogen and oxygen atoms in total. The first kappa shape index (κ1) is 11.6. The van der Waals surface area contributed by atoms with E-state index >= 15 is 0 Å². The highest BCUT2D eigenvalue weighted by Crippen LogP contribution is 2.25. The Labute approximate surface area is 85.0 Å². The van der Waals surface area contributed by atoms with Crippen LogP contribution in [0.4, 0.5) is 8.78 Å². The van der Waals surface area contributed by atoms with E-state index in [0.717, 1.165) is 18.2 Å². The summed E-state index contributed by atoms with van der Waals surface area (Å²) in [7, 11) is 0. The van der Waals surface area contributed by atoms with Crippen LogP contribution in [0.5, 0.6) is 0 Å². The minimum Gasteiger partial charge on any atom is -0.481 e. The van der Waals surface area contributed by atoms with E-state index in [-0.39, 0.29) is 5.56 Å². The standard InChI is InChI=1S/C10H10F2O3/c1-10(5-13,9(14)15)6-2-3-7(11)8(12)4-6/h2-4,13H,5H2,1H3,(H,14,15). The average molecular weight is 216 g/mol. The first-order valence-corrected chi connectivity index (χ1v) is 4.21. The van der Waals surface area contributed by atoms with Gasteiger partial charge >= 0.3 is 5.97 Å². The Balaban J connectivity index is 3.25. The van der Waals surface area contributed by atoms with Crippen molar-refractivity contribution in [3.05, 3.63) is 35.4 Å². The Kier molecular flexibility index (Phi) is 3.04. The van der Waals surface area contributed by atoms with E-state index in [1.165, 1.54) is 6.92 Å². The van der Waals surface area contributed by atoms with Crippen LogP contribution in [0.15, 0.2) is 18.2 Å². The molecule has 0 spiro atoms. The number of carbonyl (C=O) groups is 1. The lowest BCUT2D eigenvalue weighted by molar-refractivity contribution is -0.144. The van der Waals surface area contributed by atoms with E-state index in [1.54, 1.807) is 0 Å². The predicted molar refractivity (Wildman–Crippen MR) is 48.4 cm³/mol. The topological polar surface area (TPSA) is 57.5 Å². The minimum atomic E-state index is -1.62. The predicted octanol–water partition coefficient (Wildman–Crippen LogP) is 1.30. The molecule has 2 N–H and O–H groups in total. The number of aliphatic hydroxyl groups excluding tert-OH is 1. The number of hydrogen-bond donors (Lipinski definition) is 2. The molecule has 0 saturated heterocycles. The van der Waals surface area contributed by atoms with Gasteiger partial charge < -0.3 is 10.2 Å². The molecule has 1 rings (SSSR count). The number of aliphatic carboxylic acids is 1. The van der Waals surface area contributed by atoms with Crippen molar-refractivity contribution in [2.75, 3.05) is 6.61 Å². The van der Waals surface area contributed by atoms with Gasteiger partial charge in [0.25, 0.3) is 0 Å². The lowest BCUT2D eigenvalue weighted by Crippen LogP contribution is -2.36. The summed E-state index contributed by atoms with van der Waals surface area (Å²) in [6.07, 6.45) is 0. The van der Waals surface area contributed by atoms with Gasteiger partial charge in [-0.05, 0) is 24.6 Å². The number of halogens is 2. The summed E-state index contributed by atoms with van der Waals surface area (Å²) in [5.74, 6) is -3.48. The van der Waals surface area contributed by atoms with Crippen LogP contribution in [0.3, 0.4) is 0 Å². The number of rotatable bonds is 3. The third-order valence-corrected chi connectivity index (χ3v) is 2.34. The molecule has 1 atom stereocenters. The Morgan fingerprint density at radius 1 is 1.40 bits per heavy atom. The van der Waals surface area contributed by atoms with Gasteiger partial charge in [-0.2, -0.15) is 0 Å². The second kappa shape index (κ2) is 3.94. The third-order valence-electron chi connectivity index (χ3n) is 2.34. The summed E-state index contributed by atoms with van der Waals surface area (Å²) >= 11 is 0. The lowest BCUT2D eigenvalue weighted by Gasteiger charge is -2.22. The zero-order chi connectivity index (χ0) is 11.6. The highest BCUT2D eigenvalue weighted by Gasteiger charge is 2.35. The maximum absolute atomic E-state index is 12.9. The summed E-state index contributed by atoms with van der Waals surface area (Å²) in [6.45, 7) is 0.551. The van der Waals surface area contributed by atoms with Crippen molar-refractivity contribution in [3.63, 3.8) is 0 Å². The molecular formula is C10H10F2O3. The van der Waals surface area contributed by atoms with Crippen molar-refractivity contribution < 1.29 is 23.8 Å². The fourth-order valence-electron chi connectivity index (χ4n) is 1.12. The smallest absolute Gasteiger partial charge is 0.316 e. The molecular weight excluding hydrogens is 206 g/mol. The van der Waals surface area contributed by atoms with E-state index in [1.807, 2.05) is 0 Å². The summed E-state index contributed by atoms with van der Waals surface area (Å²) in [5, 5.41) is 17.8. The Morgan fingerprint density at radius 3 is 2.40 bits per heavy atom. The fraction of sp³-hybridized carbons (Fsp3) is 0.300. The number of aliphatic hydroxyl groups is 1. The molecule has 0 bridgehead atoms. The van der Waals surface area contributed by atoms with Crippen LogP contribution < -0.4 is 0 Å². The van der Waals surface area contributed by atoms with Crippen molar-refractivity contribution in [1.82, 2.24) is 0 Å². The minimum absolute atomic E-state index is 0.0244. The Morgan fingerprint density at radius 2 is 2.00 bits per heavy atom. The fourth-order valence-corrected chi connectivity index (χ4v) is 1.12. The molecule has 1 aromatic rings. The van der Waals surface area contributed by atoms with Gasteiger partial charge in [0.05, 0.1) is 6.61 Å². The lowest BCUT2D eigenvalue weighted by atomic mass is 9.83.